The van der Waals surface area contributed by atoms with Crippen molar-refractivity contribution in [3.63, 3.8) is 0 Å². The number of nitrogen functional groups attached to an aromatic ring is 1. The van der Waals surface area contributed by atoms with Crippen molar-refractivity contribution in [2.24, 2.45) is 0 Å². The van der Waals surface area contributed by atoms with Crippen molar-refractivity contribution in [3.05, 3.63) is 59.4 Å². The lowest BCUT2D eigenvalue weighted by molar-refractivity contribution is 0.625. The van der Waals surface area contributed by atoms with E-state index in [0.717, 1.165) is 18.5 Å². The summed E-state index contributed by atoms with van der Waals surface area (Å²) >= 11 is 0. The molecule has 2 nitrogen and oxygen atoms in total. The highest BCUT2D eigenvalue weighted by molar-refractivity contribution is 5.58. The third-order valence-electron chi connectivity index (χ3n) is 3.34. The number of anilines is 2. The summed E-state index contributed by atoms with van der Waals surface area (Å²) in [5.74, 6) is -0.266. The summed E-state index contributed by atoms with van der Waals surface area (Å²) in [7, 11) is 0. The van der Waals surface area contributed by atoms with E-state index >= 15 is 0 Å². The van der Waals surface area contributed by atoms with Crippen LogP contribution in [-0.4, -0.2) is 6.54 Å². The predicted molar refractivity (Wildman–Crippen MR) is 72.0 cm³/mol. The van der Waals surface area contributed by atoms with Crippen molar-refractivity contribution in [2.45, 2.75) is 13.0 Å². The van der Waals surface area contributed by atoms with Crippen molar-refractivity contribution in [2.75, 3.05) is 17.2 Å². The second-order valence-electron chi connectivity index (χ2n) is 4.69. The minimum absolute atomic E-state index is 0.266. The molecule has 0 unspecified atom stereocenters. The Balaban J connectivity index is 1.86. The van der Waals surface area contributed by atoms with Crippen molar-refractivity contribution in [1.82, 2.24) is 0 Å². The van der Waals surface area contributed by atoms with E-state index in [4.69, 9.17) is 5.73 Å². The Hall–Kier alpha value is -2.03. The van der Waals surface area contributed by atoms with E-state index in [1.165, 1.54) is 17.3 Å². The first-order valence-corrected chi connectivity index (χ1v) is 6.10. The molecule has 0 aliphatic carbocycles. The summed E-state index contributed by atoms with van der Waals surface area (Å²) in [5.41, 5.74) is 9.69. The van der Waals surface area contributed by atoms with Crippen LogP contribution < -0.4 is 10.6 Å². The number of nitrogens with two attached hydrogens (primary N) is 1. The van der Waals surface area contributed by atoms with Gasteiger partial charge in [-0.3, -0.25) is 0 Å². The van der Waals surface area contributed by atoms with E-state index < -0.39 is 0 Å². The highest BCUT2D eigenvalue weighted by Crippen LogP contribution is 2.29. The predicted octanol–water partition coefficient (Wildman–Crippen LogP) is 2.97. The molecule has 0 aromatic heterocycles. The molecule has 2 N–H and O–H groups in total. The number of hydrogen-bond acceptors (Lipinski definition) is 2. The molecule has 92 valence electrons. The molecule has 18 heavy (non-hydrogen) atoms. The number of nitrogens with zero attached hydrogens (tertiary/aromatic N) is 1. The van der Waals surface area contributed by atoms with Gasteiger partial charge in [-0.2, -0.15) is 0 Å². The Morgan fingerprint density at radius 2 is 2.00 bits per heavy atom. The van der Waals surface area contributed by atoms with Gasteiger partial charge >= 0.3 is 0 Å². The summed E-state index contributed by atoms with van der Waals surface area (Å²) in [5, 5.41) is 0. The maximum absolute atomic E-state index is 13.3. The highest BCUT2D eigenvalue weighted by atomic mass is 19.1. The largest absolute Gasteiger partial charge is 0.399 e. The zero-order valence-electron chi connectivity index (χ0n) is 10.1. The number of fused-ring (bicyclic) bond motifs is 1. The average molecular weight is 242 g/mol. The van der Waals surface area contributed by atoms with Crippen LogP contribution in [0.1, 0.15) is 11.1 Å². The summed E-state index contributed by atoms with van der Waals surface area (Å²) in [6.07, 6.45) is 1.06. The molecule has 0 atom stereocenters. The zero-order chi connectivity index (χ0) is 12.5. The number of benzene rings is 2. The Kier molecular flexibility index (Phi) is 2.67. The maximum atomic E-state index is 13.3. The lowest BCUT2D eigenvalue weighted by Crippen LogP contribution is -2.19. The van der Waals surface area contributed by atoms with E-state index in [2.05, 4.69) is 23.1 Å². The van der Waals surface area contributed by atoms with Gasteiger partial charge in [0.2, 0.25) is 0 Å². The normalized spacial score (nSPS) is 13.7. The Morgan fingerprint density at radius 3 is 2.83 bits per heavy atom. The van der Waals surface area contributed by atoms with Gasteiger partial charge in [-0.15, -0.1) is 0 Å². The van der Waals surface area contributed by atoms with Crippen molar-refractivity contribution in [1.29, 1.82) is 0 Å². The first kappa shape index (κ1) is 11.1. The smallest absolute Gasteiger partial charge is 0.125 e. The fourth-order valence-corrected chi connectivity index (χ4v) is 2.56. The Labute approximate surface area is 106 Å². The second-order valence-corrected chi connectivity index (χ2v) is 4.69. The summed E-state index contributed by atoms with van der Waals surface area (Å²) in [4.78, 5) is 2.27. The molecule has 1 aliphatic heterocycles. The van der Waals surface area contributed by atoms with Crippen LogP contribution in [0.25, 0.3) is 0 Å². The fourth-order valence-electron chi connectivity index (χ4n) is 2.56. The SMILES string of the molecule is Nc1cc(F)cc(CN2CCc3ccccc32)c1. The van der Waals surface area contributed by atoms with Gasteiger partial charge in [0.25, 0.3) is 0 Å². The third-order valence-corrected chi connectivity index (χ3v) is 3.34. The zero-order valence-corrected chi connectivity index (χ0v) is 10.1. The molecule has 0 spiro atoms. The molecule has 3 rings (SSSR count). The molecular weight excluding hydrogens is 227 g/mol. The maximum Gasteiger partial charge on any atom is 0.125 e. The second kappa shape index (κ2) is 4.33. The van der Waals surface area contributed by atoms with Crippen molar-refractivity contribution in [3.8, 4) is 0 Å². The molecule has 0 radical (unpaired) electrons. The highest BCUT2D eigenvalue weighted by Gasteiger charge is 2.18. The Morgan fingerprint density at radius 1 is 1.17 bits per heavy atom. The molecule has 3 heteroatoms. The summed E-state index contributed by atoms with van der Waals surface area (Å²) < 4.78 is 13.3. The lowest BCUT2D eigenvalue weighted by atomic mass is 10.1. The van der Waals surface area contributed by atoms with Gasteiger partial charge in [0.1, 0.15) is 5.82 Å². The molecule has 0 fully saturated rings. The van der Waals surface area contributed by atoms with Crippen molar-refractivity contribution >= 4 is 11.4 Å². The van der Waals surface area contributed by atoms with Crippen LogP contribution in [0, 0.1) is 5.82 Å². The lowest BCUT2D eigenvalue weighted by Gasteiger charge is -2.19. The molecule has 1 aliphatic rings. The van der Waals surface area contributed by atoms with Crippen LogP contribution in [0.3, 0.4) is 0 Å². The topological polar surface area (TPSA) is 29.3 Å². The fraction of sp³-hybridized carbons (Fsp3) is 0.200. The van der Waals surface area contributed by atoms with Gasteiger partial charge in [-0.25, -0.2) is 4.39 Å². The van der Waals surface area contributed by atoms with Crippen LogP contribution in [0.5, 0.6) is 0 Å². The van der Waals surface area contributed by atoms with E-state index in [1.807, 2.05) is 12.1 Å². The van der Waals surface area contributed by atoms with Crippen LogP contribution in [-0.2, 0) is 13.0 Å². The first-order chi connectivity index (χ1) is 8.72. The van der Waals surface area contributed by atoms with Gasteiger partial charge in [0.05, 0.1) is 0 Å². The molecule has 0 amide bonds. The van der Waals surface area contributed by atoms with Gasteiger partial charge < -0.3 is 10.6 Å². The van der Waals surface area contributed by atoms with Crippen LogP contribution in [0.4, 0.5) is 15.8 Å². The first-order valence-electron chi connectivity index (χ1n) is 6.10. The molecule has 1 heterocycles. The minimum atomic E-state index is -0.266. The number of para-hydroxylation sites is 1. The van der Waals surface area contributed by atoms with Crippen LogP contribution >= 0.6 is 0 Å². The van der Waals surface area contributed by atoms with Crippen molar-refractivity contribution < 1.29 is 4.39 Å². The number of halogens is 1. The molecular formula is C15H15FN2. The summed E-state index contributed by atoms with van der Waals surface area (Å²) in [6, 6.07) is 13.1. The third kappa shape index (κ3) is 2.04. The standard InChI is InChI=1S/C15H15FN2/c16-13-7-11(8-14(17)9-13)10-18-6-5-12-3-1-2-4-15(12)18/h1-4,7-9H,5-6,10,17H2. The van der Waals surface area contributed by atoms with Gasteiger partial charge in [-0.1, -0.05) is 18.2 Å². The van der Waals surface area contributed by atoms with Gasteiger partial charge in [0, 0.05) is 24.5 Å². The molecule has 0 saturated heterocycles. The number of rotatable bonds is 2. The van der Waals surface area contributed by atoms with E-state index in [1.54, 1.807) is 6.07 Å². The monoisotopic (exact) mass is 242 g/mol. The van der Waals surface area contributed by atoms with E-state index in [-0.39, 0.29) is 5.82 Å². The van der Waals surface area contributed by atoms with Gasteiger partial charge in [-0.05, 0) is 41.8 Å². The van der Waals surface area contributed by atoms with Crippen LogP contribution in [0.2, 0.25) is 0 Å². The summed E-state index contributed by atoms with van der Waals surface area (Å²) in [6.45, 7) is 1.69. The molecule has 0 bridgehead atoms. The minimum Gasteiger partial charge on any atom is -0.399 e. The quantitative estimate of drug-likeness (QED) is 0.820. The van der Waals surface area contributed by atoms with E-state index in [0.29, 0.717) is 12.2 Å². The molecule has 2 aromatic carbocycles. The average Bonchev–Trinajstić information content (AvgIpc) is 2.72. The van der Waals surface area contributed by atoms with Gasteiger partial charge in [0.15, 0.2) is 0 Å². The number of hydrogen-bond donors (Lipinski definition) is 1. The van der Waals surface area contributed by atoms with Crippen LogP contribution in [0.15, 0.2) is 42.5 Å². The molecule has 2 aromatic rings. The molecule has 0 saturated carbocycles. The Bertz CT molecular complexity index is 560. The van der Waals surface area contributed by atoms with E-state index in [9.17, 15) is 4.39 Å².